The number of hydrogen-bond donors (Lipinski definition) is 1. The monoisotopic (exact) mass is 374 g/mol. The number of aromatic nitrogens is 3. The molecule has 0 unspecified atom stereocenters. The number of benzene rings is 1. The fourth-order valence-electron chi connectivity index (χ4n) is 3.36. The molecule has 0 spiro atoms. The highest BCUT2D eigenvalue weighted by atomic mass is 16.7. The van der Waals surface area contributed by atoms with Crippen LogP contribution in [0.5, 0.6) is 23.3 Å². The molecule has 4 rings (SSSR count). The Hall–Kier alpha value is -2.97. The molecule has 2 heterocycles. The Morgan fingerprint density at radius 1 is 1.22 bits per heavy atom. The zero-order valence-electron chi connectivity index (χ0n) is 15.3. The van der Waals surface area contributed by atoms with E-state index < -0.39 is 0 Å². The Bertz CT molecular complexity index is 829. The molecule has 2 aromatic rings. The van der Waals surface area contributed by atoms with E-state index in [0.717, 1.165) is 37.2 Å². The second kappa shape index (κ2) is 7.34. The number of aryl methyl sites for hydroxylation is 1. The number of carbonyl (C=O) groups is 1. The molecule has 1 N–H and O–H groups in total. The van der Waals surface area contributed by atoms with Gasteiger partial charge in [-0.05, 0) is 37.8 Å². The fourth-order valence-corrected chi connectivity index (χ4v) is 3.36. The van der Waals surface area contributed by atoms with E-state index >= 15 is 0 Å². The zero-order chi connectivity index (χ0) is 18.8. The second-order valence-electron chi connectivity index (χ2n) is 6.63. The molecule has 1 amide bonds. The minimum atomic E-state index is -0.283. The molecule has 27 heavy (non-hydrogen) atoms. The lowest BCUT2D eigenvalue weighted by Crippen LogP contribution is -2.40. The van der Waals surface area contributed by atoms with Crippen LogP contribution in [-0.2, 0) is 7.05 Å². The number of ether oxygens (including phenoxy) is 4. The van der Waals surface area contributed by atoms with Crippen LogP contribution in [0.15, 0.2) is 18.2 Å². The third-order valence-electron chi connectivity index (χ3n) is 4.76. The summed E-state index contributed by atoms with van der Waals surface area (Å²) in [6.45, 7) is 0.251. The molecule has 1 aliphatic heterocycles. The summed E-state index contributed by atoms with van der Waals surface area (Å²) in [5, 5.41) is 7.06. The third kappa shape index (κ3) is 3.76. The van der Waals surface area contributed by atoms with Crippen molar-refractivity contribution in [2.45, 2.75) is 37.8 Å². The number of fused-ring (bicyclic) bond motifs is 1. The SMILES string of the molecule is COc1nc(C(=O)NC2CCC(Oc3ccc4c(c3)OCO4)CC2)nn1C. The normalized spacial score (nSPS) is 21.0. The summed E-state index contributed by atoms with van der Waals surface area (Å²) < 4.78 is 23.2. The first-order valence-electron chi connectivity index (χ1n) is 8.94. The van der Waals surface area contributed by atoms with Gasteiger partial charge in [0.05, 0.1) is 13.2 Å². The average Bonchev–Trinajstić information content (AvgIpc) is 3.29. The molecule has 9 nitrogen and oxygen atoms in total. The predicted octanol–water partition coefficient (Wildman–Crippen LogP) is 1.67. The molecule has 2 aliphatic rings. The van der Waals surface area contributed by atoms with Gasteiger partial charge < -0.3 is 24.3 Å². The Morgan fingerprint density at radius 2 is 2.00 bits per heavy atom. The minimum absolute atomic E-state index is 0.0869. The third-order valence-corrected chi connectivity index (χ3v) is 4.76. The highest BCUT2D eigenvalue weighted by Crippen LogP contribution is 2.36. The number of methoxy groups -OCH3 is 1. The van der Waals surface area contributed by atoms with E-state index in [4.69, 9.17) is 18.9 Å². The Kier molecular flexibility index (Phi) is 4.74. The summed E-state index contributed by atoms with van der Waals surface area (Å²) in [4.78, 5) is 16.4. The Labute approximate surface area is 156 Å². The van der Waals surface area contributed by atoms with E-state index in [-0.39, 0.29) is 30.7 Å². The lowest BCUT2D eigenvalue weighted by Gasteiger charge is -2.29. The van der Waals surface area contributed by atoms with Gasteiger partial charge in [0.25, 0.3) is 5.91 Å². The first-order valence-corrected chi connectivity index (χ1v) is 8.94. The van der Waals surface area contributed by atoms with Crippen LogP contribution >= 0.6 is 0 Å². The summed E-state index contributed by atoms with van der Waals surface area (Å²) in [5.74, 6) is 2.07. The lowest BCUT2D eigenvalue weighted by molar-refractivity contribution is 0.0883. The number of amides is 1. The van der Waals surface area contributed by atoms with Crippen LogP contribution in [0.3, 0.4) is 0 Å². The van der Waals surface area contributed by atoms with Crippen LogP contribution < -0.4 is 24.3 Å². The largest absolute Gasteiger partial charge is 0.490 e. The number of carbonyl (C=O) groups excluding carboxylic acids is 1. The topological polar surface area (TPSA) is 96.7 Å². The first kappa shape index (κ1) is 17.4. The molecule has 1 fully saturated rings. The lowest BCUT2D eigenvalue weighted by atomic mass is 9.93. The molecular formula is C18H22N4O5. The second-order valence-corrected chi connectivity index (χ2v) is 6.63. The number of rotatable bonds is 5. The number of nitrogens with one attached hydrogen (secondary N) is 1. The van der Waals surface area contributed by atoms with Crippen molar-refractivity contribution in [3.05, 3.63) is 24.0 Å². The number of nitrogens with zero attached hydrogens (tertiary/aromatic N) is 3. The fraction of sp³-hybridized carbons (Fsp3) is 0.500. The molecule has 1 aliphatic carbocycles. The van der Waals surface area contributed by atoms with Crippen molar-refractivity contribution >= 4 is 5.91 Å². The molecule has 144 valence electrons. The van der Waals surface area contributed by atoms with E-state index in [1.807, 2.05) is 18.2 Å². The van der Waals surface area contributed by atoms with Gasteiger partial charge in [0.15, 0.2) is 11.5 Å². The standard InChI is InChI=1S/C18H22N4O5/c1-22-18(24-2)20-16(21-22)17(23)19-11-3-5-12(6-4-11)27-13-7-8-14-15(9-13)26-10-25-14/h7-9,11-12H,3-6,10H2,1-2H3,(H,19,23). The van der Waals surface area contributed by atoms with Gasteiger partial charge in [-0.25, -0.2) is 4.68 Å². The highest BCUT2D eigenvalue weighted by Gasteiger charge is 2.26. The predicted molar refractivity (Wildman–Crippen MR) is 94.3 cm³/mol. The Balaban J connectivity index is 1.28. The van der Waals surface area contributed by atoms with Gasteiger partial charge in [-0.15, -0.1) is 5.10 Å². The van der Waals surface area contributed by atoms with E-state index in [2.05, 4.69) is 15.4 Å². The minimum Gasteiger partial charge on any atom is -0.490 e. The van der Waals surface area contributed by atoms with E-state index in [0.29, 0.717) is 11.8 Å². The molecule has 0 saturated heterocycles. The van der Waals surface area contributed by atoms with Crippen molar-refractivity contribution < 1.29 is 23.7 Å². The van der Waals surface area contributed by atoms with Gasteiger partial charge in [0.2, 0.25) is 12.6 Å². The van der Waals surface area contributed by atoms with Crippen molar-refractivity contribution in [2.24, 2.45) is 7.05 Å². The van der Waals surface area contributed by atoms with Crippen LogP contribution in [-0.4, -0.2) is 46.7 Å². The van der Waals surface area contributed by atoms with Crippen molar-refractivity contribution in [3.8, 4) is 23.3 Å². The van der Waals surface area contributed by atoms with Gasteiger partial charge in [-0.2, -0.15) is 4.98 Å². The van der Waals surface area contributed by atoms with Gasteiger partial charge in [0.1, 0.15) is 5.75 Å². The van der Waals surface area contributed by atoms with Crippen molar-refractivity contribution in [2.75, 3.05) is 13.9 Å². The van der Waals surface area contributed by atoms with Gasteiger partial charge in [-0.3, -0.25) is 4.79 Å². The summed E-state index contributed by atoms with van der Waals surface area (Å²) in [5.41, 5.74) is 0. The maximum Gasteiger partial charge on any atom is 0.314 e. The summed E-state index contributed by atoms with van der Waals surface area (Å²) in [6.07, 6.45) is 3.51. The van der Waals surface area contributed by atoms with Crippen molar-refractivity contribution in [3.63, 3.8) is 0 Å². The highest BCUT2D eigenvalue weighted by molar-refractivity contribution is 5.90. The van der Waals surface area contributed by atoms with Crippen LogP contribution in [0.25, 0.3) is 0 Å². The molecule has 0 bridgehead atoms. The van der Waals surface area contributed by atoms with E-state index in [1.165, 1.54) is 11.8 Å². The number of hydrogen-bond acceptors (Lipinski definition) is 7. The average molecular weight is 374 g/mol. The van der Waals surface area contributed by atoms with Crippen LogP contribution in [0.2, 0.25) is 0 Å². The van der Waals surface area contributed by atoms with E-state index in [9.17, 15) is 4.79 Å². The van der Waals surface area contributed by atoms with Crippen molar-refractivity contribution in [1.82, 2.24) is 20.1 Å². The molecule has 9 heteroatoms. The smallest absolute Gasteiger partial charge is 0.314 e. The molecule has 1 aromatic carbocycles. The molecule has 1 aromatic heterocycles. The summed E-state index contributed by atoms with van der Waals surface area (Å²) in [7, 11) is 3.18. The van der Waals surface area contributed by atoms with Gasteiger partial charge >= 0.3 is 6.01 Å². The molecule has 0 atom stereocenters. The van der Waals surface area contributed by atoms with Crippen LogP contribution in [0, 0.1) is 0 Å². The van der Waals surface area contributed by atoms with Crippen molar-refractivity contribution in [1.29, 1.82) is 0 Å². The first-order chi connectivity index (χ1) is 13.1. The molecule has 1 saturated carbocycles. The maximum atomic E-state index is 12.3. The molecule has 0 radical (unpaired) electrons. The zero-order valence-corrected chi connectivity index (χ0v) is 15.3. The summed E-state index contributed by atoms with van der Waals surface area (Å²) in [6, 6.07) is 6.00. The molecular weight excluding hydrogens is 352 g/mol. The van der Waals surface area contributed by atoms with Crippen LogP contribution in [0.4, 0.5) is 0 Å². The Morgan fingerprint density at radius 3 is 2.74 bits per heavy atom. The summed E-state index contributed by atoms with van der Waals surface area (Å²) >= 11 is 0. The van der Waals surface area contributed by atoms with Gasteiger partial charge in [0, 0.05) is 19.2 Å². The van der Waals surface area contributed by atoms with E-state index in [1.54, 1.807) is 7.05 Å². The van der Waals surface area contributed by atoms with Crippen LogP contribution in [0.1, 0.15) is 36.3 Å². The van der Waals surface area contributed by atoms with Gasteiger partial charge in [-0.1, -0.05) is 0 Å². The quantitative estimate of drug-likeness (QED) is 0.850. The maximum absolute atomic E-state index is 12.3.